The van der Waals surface area contributed by atoms with Crippen molar-refractivity contribution < 1.29 is 12.6 Å². The quantitative estimate of drug-likeness (QED) is 0.668. The summed E-state index contributed by atoms with van der Waals surface area (Å²) in [4.78, 5) is 0. The van der Waals surface area contributed by atoms with E-state index < -0.39 is 20.8 Å². The SMILES string of the molecule is CC(CNS(=O)(=O)CCCl)S(C)=O. The van der Waals surface area contributed by atoms with Crippen LogP contribution in [-0.2, 0) is 20.8 Å². The van der Waals surface area contributed by atoms with Gasteiger partial charge in [0.15, 0.2) is 0 Å². The first-order valence-corrected chi connectivity index (χ1v) is 7.55. The molecule has 0 aliphatic rings. The van der Waals surface area contributed by atoms with Crippen LogP contribution in [-0.4, -0.2) is 42.3 Å². The molecule has 7 heteroatoms. The first-order valence-electron chi connectivity index (χ1n) is 3.74. The fourth-order valence-corrected chi connectivity index (χ4v) is 2.42. The lowest BCUT2D eigenvalue weighted by molar-refractivity contribution is 0.582. The van der Waals surface area contributed by atoms with Crippen molar-refractivity contribution >= 4 is 32.4 Å². The van der Waals surface area contributed by atoms with Crippen LogP contribution in [0, 0.1) is 0 Å². The minimum Gasteiger partial charge on any atom is -0.260 e. The van der Waals surface area contributed by atoms with Gasteiger partial charge in [-0.05, 0) is 6.92 Å². The molecular weight excluding hydrogens is 234 g/mol. The van der Waals surface area contributed by atoms with Gasteiger partial charge in [-0.15, -0.1) is 11.6 Å². The number of hydrogen-bond acceptors (Lipinski definition) is 3. The van der Waals surface area contributed by atoms with Crippen LogP contribution in [0.3, 0.4) is 0 Å². The molecule has 0 aliphatic heterocycles. The molecular formula is C6H14ClNO3S2. The highest BCUT2D eigenvalue weighted by molar-refractivity contribution is 7.89. The number of nitrogens with one attached hydrogen (secondary N) is 1. The van der Waals surface area contributed by atoms with Gasteiger partial charge in [0.2, 0.25) is 10.0 Å². The van der Waals surface area contributed by atoms with Crippen molar-refractivity contribution in [2.75, 3.05) is 24.4 Å². The van der Waals surface area contributed by atoms with Crippen molar-refractivity contribution in [3.05, 3.63) is 0 Å². The van der Waals surface area contributed by atoms with E-state index in [1.165, 1.54) is 0 Å². The zero-order chi connectivity index (χ0) is 10.5. The summed E-state index contributed by atoms with van der Waals surface area (Å²) in [7, 11) is -4.29. The van der Waals surface area contributed by atoms with Crippen molar-refractivity contribution in [3.8, 4) is 0 Å². The number of alkyl halides is 1. The molecule has 0 saturated carbocycles. The minimum atomic E-state index is -3.28. The topological polar surface area (TPSA) is 63.2 Å². The zero-order valence-electron chi connectivity index (χ0n) is 7.62. The molecule has 0 radical (unpaired) electrons. The van der Waals surface area contributed by atoms with E-state index in [-0.39, 0.29) is 23.4 Å². The molecule has 0 bridgehead atoms. The lowest BCUT2D eigenvalue weighted by Gasteiger charge is -2.09. The highest BCUT2D eigenvalue weighted by atomic mass is 35.5. The third-order valence-corrected chi connectivity index (χ3v) is 4.56. The Labute approximate surface area is 86.6 Å². The van der Waals surface area contributed by atoms with Gasteiger partial charge in [-0.2, -0.15) is 0 Å². The molecule has 0 aromatic heterocycles. The van der Waals surface area contributed by atoms with Gasteiger partial charge in [0.25, 0.3) is 0 Å². The number of rotatable bonds is 6. The van der Waals surface area contributed by atoms with Crippen LogP contribution in [0.1, 0.15) is 6.92 Å². The predicted octanol–water partition coefficient (Wildman–Crippen LogP) is -0.0884. The normalized spacial score (nSPS) is 16.8. The van der Waals surface area contributed by atoms with E-state index in [1.807, 2.05) is 0 Å². The van der Waals surface area contributed by atoms with Gasteiger partial charge in [0, 0.05) is 34.7 Å². The number of sulfonamides is 1. The van der Waals surface area contributed by atoms with Crippen LogP contribution < -0.4 is 4.72 Å². The highest BCUT2D eigenvalue weighted by Crippen LogP contribution is 1.93. The van der Waals surface area contributed by atoms with Crippen LogP contribution in [0.4, 0.5) is 0 Å². The molecule has 0 heterocycles. The van der Waals surface area contributed by atoms with Crippen LogP contribution in [0.5, 0.6) is 0 Å². The molecule has 80 valence electrons. The Morgan fingerprint density at radius 2 is 2.08 bits per heavy atom. The monoisotopic (exact) mass is 247 g/mol. The van der Waals surface area contributed by atoms with Gasteiger partial charge >= 0.3 is 0 Å². The molecule has 4 nitrogen and oxygen atoms in total. The largest absolute Gasteiger partial charge is 0.260 e. The first-order chi connectivity index (χ1) is 5.89. The van der Waals surface area contributed by atoms with Crippen molar-refractivity contribution in [2.24, 2.45) is 0 Å². The molecule has 2 atom stereocenters. The van der Waals surface area contributed by atoms with E-state index in [1.54, 1.807) is 13.2 Å². The summed E-state index contributed by atoms with van der Waals surface area (Å²) in [5.74, 6) is -0.0312. The minimum absolute atomic E-state index is 0.0684. The summed E-state index contributed by atoms with van der Waals surface area (Å²) in [5.41, 5.74) is 0. The van der Waals surface area contributed by atoms with Gasteiger partial charge in [-0.3, -0.25) is 4.21 Å². The summed E-state index contributed by atoms with van der Waals surface area (Å²) < 4.78 is 35.3. The van der Waals surface area contributed by atoms with Gasteiger partial charge in [-0.25, -0.2) is 13.1 Å². The van der Waals surface area contributed by atoms with Gasteiger partial charge in [0.05, 0.1) is 5.75 Å². The Morgan fingerprint density at radius 1 is 1.54 bits per heavy atom. The molecule has 0 aromatic carbocycles. The van der Waals surface area contributed by atoms with Crippen LogP contribution in [0.25, 0.3) is 0 Å². The lowest BCUT2D eigenvalue weighted by Crippen LogP contribution is -2.34. The van der Waals surface area contributed by atoms with E-state index in [0.717, 1.165) is 0 Å². The molecule has 0 saturated heterocycles. The van der Waals surface area contributed by atoms with Gasteiger partial charge < -0.3 is 0 Å². The second kappa shape index (κ2) is 5.95. The van der Waals surface area contributed by atoms with Crippen molar-refractivity contribution in [2.45, 2.75) is 12.2 Å². The third kappa shape index (κ3) is 6.42. The van der Waals surface area contributed by atoms with E-state index in [9.17, 15) is 12.6 Å². The molecule has 0 rings (SSSR count). The fraction of sp³-hybridized carbons (Fsp3) is 1.00. The summed E-state index contributed by atoms with van der Waals surface area (Å²) in [5, 5.41) is -0.176. The van der Waals surface area contributed by atoms with Gasteiger partial charge in [-0.1, -0.05) is 0 Å². The van der Waals surface area contributed by atoms with E-state index in [0.29, 0.717) is 0 Å². The van der Waals surface area contributed by atoms with E-state index in [2.05, 4.69) is 4.72 Å². The first kappa shape index (κ1) is 13.4. The Hall–Kier alpha value is 0.350. The Kier molecular flexibility index (Phi) is 6.11. The summed E-state index contributed by atoms with van der Waals surface area (Å²) in [6.45, 7) is 1.92. The van der Waals surface area contributed by atoms with Crippen molar-refractivity contribution in [1.82, 2.24) is 4.72 Å². The number of hydrogen-bond donors (Lipinski definition) is 1. The Morgan fingerprint density at radius 3 is 2.46 bits per heavy atom. The van der Waals surface area contributed by atoms with Crippen LogP contribution in [0.2, 0.25) is 0 Å². The third-order valence-electron chi connectivity index (χ3n) is 1.50. The summed E-state index contributed by atoms with van der Waals surface area (Å²) in [6, 6.07) is 0. The molecule has 0 aromatic rings. The average Bonchev–Trinajstić information content (AvgIpc) is 2.00. The molecule has 1 N–H and O–H groups in total. The standard InChI is InChI=1S/C6H14ClNO3S2/c1-6(12(2)9)5-8-13(10,11)4-3-7/h6,8H,3-5H2,1-2H3. The van der Waals surface area contributed by atoms with E-state index in [4.69, 9.17) is 11.6 Å². The zero-order valence-corrected chi connectivity index (χ0v) is 10.0. The van der Waals surface area contributed by atoms with E-state index >= 15 is 0 Å². The predicted molar refractivity (Wildman–Crippen MR) is 56.0 cm³/mol. The second-order valence-electron chi connectivity index (χ2n) is 2.67. The molecule has 0 aliphatic carbocycles. The van der Waals surface area contributed by atoms with Crippen LogP contribution in [0.15, 0.2) is 0 Å². The van der Waals surface area contributed by atoms with Crippen molar-refractivity contribution in [1.29, 1.82) is 0 Å². The summed E-state index contributed by atoms with van der Waals surface area (Å²) >= 11 is 5.28. The van der Waals surface area contributed by atoms with Crippen LogP contribution >= 0.6 is 11.6 Å². The average molecular weight is 248 g/mol. The molecule has 0 fully saturated rings. The molecule has 0 amide bonds. The fourth-order valence-electron chi connectivity index (χ4n) is 0.535. The Bertz CT molecular complexity index is 265. The van der Waals surface area contributed by atoms with Gasteiger partial charge in [0.1, 0.15) is 0 Å². The molecule has 2 unspecified atom stereocenters. The van der Waals surface area contributed by atoms with Crippen molar-refractivity contribution in [3.63, 3.8) is 0 Å². The summed E-state index contributed by atoms with van der Waals surface area (Å²) in [6.07, 6.45) is 1.54. The maximum absolute atomic E-state index is 11.1. The lowest BCUT2D eigenvalue weighted by atomic mass is 10.5. The maximum Gasteiger partial charge on any atom is 0.212 e. The second-order valence-corrected chi connectivity index (χ2v) is 6.77. The number of halogens is 1. The molecule has 0 spiro atoms. The molecule has 13 heavy (non-hydrogen) atoms. The smallest absolute Gasteiger partial charge is 0.212 e. The Balaban J connectivity index is 3.95. The highest BCUT2D eigenvalue weighted by Gasteiger charge is 2.12. The maximum atomic E-state index is 11.1.